The maximum absolute atomic E-state index is 12.5. The van der Waals surface area contributed by atoms with Crippen molar-refractivity contribution in [2.75, 3.05) is 27.2 Å². The quantitative estimate of drug-likeness (QED) is 0.870. The van der Waals surface area contributed by atoms with Crippen molar-refractivity contribution in [2.45, 2.75) is 44.9 Å². The van der Waals surface area contributed by atoms with E-state index in [9.17, 15) is 9.90 Å². The van der Waals surface area contributed by atoms with Crippen LogP contribution in [-0.4, -0.2) is 59.7 Å². The van der Waals surface area contributed by atoms with Crippen molar-refractivity contribution in [2.24, 2.45) is 0 Å². The van der Waals surface area contributed by atoms with Gasteiger partial charge in [-0.3, -0.25) is 9.69 Å². The lowest BCUT2D eigenvalue weighted by atomic mass is 9.97. The first-order valence-corrected chi connectivity index (χ1v) is 8.15. The first-order valence-electron chi connectivity index (χ1n) is 8.15. The first kappa shape index (κ1) is 17.8. The average molecular weight is 320 g/mol. The topological polar surface area (TPSA) is 53.0 Å². The third-order valence-corrected chi connectivity index (χ3v) is 4.54. The van der Waals surface area contributed by atoms with Gasteiger partial charge in [0.15, 0.2) is 0 Å². The van der Waals surface area contributed by atoms with Crippen LogP contribution >= 0.6 is 0 Å². The number of methoxy groups -OCH3 is 1. The molecule has 1 amide bonds. The molecule has 0 bridgehead atoms. The summed E-state index contributed by atoms with van der Waals surface area (Å²) in [6.07, 6.45) is 1.96. The minimum atomic E-state index is -0.780. The maximum atomic E-state index is 12.5. The summed E-state index contributed by atoms with van der Waals surface area (Å²) in [7, 11) is 3.45. The van der Waals surface area contributed by atoms with Crippen LogP contribution in [0.1, 0.15) is 32.3 Å². The summed E-state index contributed by atoms with van der Waals surface area (Å²) in [6, 6.07) is 7.78. The maximum Gasteiger partial charge on any atom is 0.236 e. The summed E-state index contributed by atoms with van der Waals surface area (Å²) in [5.74, 6) is 0.856. The number of likely N-dealkylation sites (N-methyl/N-ethyl adjacent to an activating group) is 1. The fourth-order valence-electron chi connectivity index (χ4n) is 3.29. The lowest BCUT2D eigenvalue weighted by molar-refractivity contribution is -0.133. The smallest absolute Gasteiger partial charge is 0.236 e. The Morgan fingerprint density at radius 3 is 2.78 bits per heavy atom. The van der Waals surface area contributed by atoms with Crippen LogP contribution in [-0.2, 0) is 11.3 Å². The van der Waals surface area contributed by atoms with E-state index in [0.29, 0.717) is 13.1 Å². The zero-order valence-electron chi connectivity index (χ0n) is 14.6. The average Bonchev–Trinajstić information content (AvgIpc) is 2.96. The highest BCUT2D eigenvalue weighted by Gasteiger charge is 2.36. The Bertz CT molecular complexity index is 539. The fourth-order valence-corrected chi connectivity index (χ4v) is 3.29. The molecule has 1 heterocycles. The molecule has 1 aromatic rings. The van der Waals surface area contributed by atoms with Crippen molar-refractivity contribution in [3.63, 3.8) is 0 Å². The van der Waals surface area contributed by atoms with E-state index in [1.54, 1.807) is 12.0 Å². The summed E-state index contributed by atoms with van der Waals surface area (Å²) in [6.45, 7) is 5.37. The molecule has 1 unspecified atom stereocenters. The highest BCUT2D eigenvalue weighted by molar-refractivity contribution is 5.78. The minimum absolute atomic E-state index is 0.0473. The van der Waals surface area contributed by atoms with E-state index in [1.165, 1.54) is 0 Å². The number of nitrogens with zero attached hydrogens (tertiary/aromatic N) is 2. The number of ether oxygens (including phenoxy) is 1. The first-order chi connectivity index (χ1) is 10.8. The molecule has 0 saturated carbocycles. The molecular formula is C18H28N2O3. The third-order valence-electron chi connectivity index (χ3n) is 4.54. The molecule has 5 nitrogen and oxygen atoms in total. The predicted octanol–water partition coefficient (Wildman–Crippen LogP) is 1.89. The second-order valence-electron chi connectivity index (χ2n) is 6.84. The fraction of sp³-hybridized carbons (Fsp3) is 0.611. The van der Waals surface area contributed by atoms with Crippen LogP contribution in [0.15, 0.2) is 24.3 Å². The largest absolute Gasteiger partial charge is 0.496 e. The minimum Gasteiger partial charge on any atom is -0.496 e. The molecule has 1 atom stereocenters. The van der Waals surface area contributed by atoms with Crippen LogP contribution in [0.2, 0.25) is 0 Å². The summed E-state index contributed by atoms with van der Waals surface area (Å²) < 4.78 is 5.34. The standard InChI is InChI=1S/C18H28N2O3/c1-18(2,22)16-10-7-11-20(16)13-17(21)19(3)12-14-8-5-6-9-15(14)23-4/h5-6,8-9,16,22H,7,10-13H2,1-4H3. The van der Waals surface area contributed by atoms with Crippen molar-refractivity contribution < 1.29 is 14.6 Å². The van der Waals surface area contributed by atoms with E-state index in [-0.39, 0.29) is 11.9 Å². The Hall–Kier alpha value is -1.59. The van der Waals surface area contributed by atoms with Gasteiger partial charge in [0, 0.05) is 25.2 Å². The van der Waals surface area contributed by atoms with Gasteiger partial charge >= 0.3 is 0 Å². The van der Waals surface area contributed by atoms with Gasteiger partial charge < -0.3 is 14.7 Å². The Labute approximate surface area is 138 Å². The molecule has 0 spiro atoms. The number of para-hydroxylation sites is 1. The second-order valence-corrected chi connectivity index (χ2v) is 6.84. The molecule has 1 aromatic carbocycles. The highest BCUT2D eigenvalue weighted by Crippen LogP contribution is 2.26. The van der Waals surface area contributed by atoms with Crippen molar-refractivity contribution in [3.05, 3.63) is 29.8 Å². The summed E-state index contributed by atoms with van der Waals surface area (Å²) >= 11 is 0. The zero-order valence-corrected chi connectivity index (χ0v) is 14.6. The van der Waals surface area contributed by atoms with Gasteiger partial charge in [-0.25, -0.2) is 0 Å². The van der Waals surface area contributed by atoms with Crippen LogP contribution < -0.4 is 4.74 Å². The van der Waals surface area contributed by atoms with E-state index >= 15 is 0 Å². The summed E-state index contributed by atoms with van der Waals surface area (Å²) in [4.78, 5) is 16.4. The molecule has 23 heavy (non-hydrogen) atoms. The van der Waals surface area contributed by atoms with Gasteiger partial charge in [-0.2, -0.15) is 0 Å². The Kier molecular flexibility index (Phi) is 5.65. The lowest BCUT2D eigenvalue weighted by Crippen LogP contribution is -2.49. The molecule has 0 aromatic heterocycles. The number of benzene rings is 1. The van der Waals surface area contributed by atoms with Gasteiger partial charge in [0.05, 0.1) is 19.3 Å². The van der Waals surface area contributed by atoms with Gasteiger partial charge in [0.1, 0.15) is 5.75 Å². The van der Waals surface area contributed by atoms with Gasteiger partial charge in [-0.1, -0.05) is 18.2 Å². The molecule has 1 fully saturated rings. The van der Waals surface area contributed by atoms with Crippen LogP contribution in [0.4, 0.5) is 0 Å². The molecular weight excluding hydrogens is 292 g/mol. The number of carbonyl (C=O) groups is 1. The molecule has 1 N–H and O–H groups in total. The molecule has 1 aliphatic heterocycles. The molecule has 1 aliphatic rings. The number of hydrogen-bond acceptors (Lipinski definition) is 4. The Morgan fingerprint density at radius 2 is 2.13 bits per heavy atom. The number of amides is 1. The monoisotopic (exact) mass is 320 g/mol. The van der Waals surface area contributed by atoms with Gasteiger partial charge in [0.25, 0.3) is 0 Å². The Balaban J connectivity index is 1.97. The SMILES string of the molecule is COc1ccccc1CN(C)C(=O)CN1CCCC1C(C)(C)O. The number of likely N-dealkylation sites (tertiary alicyclic amines) is 1. The highest BCUT2D eigenvalue weighted by atomic mass is 16.5. The third kappa shape index (κ3) is 4.45. The summed E-state index contributed by atoms with van der Waals surface area (Å²) in [5, 5.41) is 10.3. The van der Waals surface area contributed by atoms with E-state index < -0.39 is 5.60 Å². The normalized spacial score (nSPS) is 18.9. The lowest BCUT2D eigenvalue weighted by Gasteiger charge is -2.34. The van der Waals surface area contributed by atoms with E-state index in [0.717, 1.165) is 30.7 Å². The van der Waals surface area contributed by atoms with Crippen molar-refractivity contribution in [1.82, 2.24) is 9.80 Å². The second kappa shape index (κ2) is 7.32. The van der Waals surface area contributed by atoms with Crippen LogP contribution in [0.3, 0.4) is 0 Å². The molecule has 128 valence electrons. The molecule has 0 aliphatic carbocycles. The van der Waals surface area contributed by atoms with Gasteiger partial charge in [0.2, 0.25) is 5.91 Å². The molecule has 1 saturated heterocycles. The van der Waals surface area contributed by atoms with Crippen LogP contribution in [0.5, 0.6) is 5.75 Å². The number of carbonyl (C=O) groups excluding carboxylic acids is 1. The Morgan fingerprint density at radius 1 is 1.43 bits per heavy atom. The zero-order chi connectivity index (χ0) is 17.0. The van der Waals surface area contributed by atoms with Crippen LogP contribution in [0, 0.1) is 0 Å². The predicted molar refractivity (Wildman–Crippen MR) is 90.4 cm³/mol. The number of hydrogen-bond donors (Lipinski definition) is 1. The van der Waals surface area contributed by atoms with E-state index in [1.807, 2.05) is 45.2 Å². The number of aliphatic hydroxyl groups is 1. The van der Waals surface area contributed by atoms with E-state index in [2.05, 4.69) is 4.90 Å². The van der Waals surface area contributed by atoms with Gasteiger partial charge in [-0.05, 0) is 39.3 Å². The molecule has 0 radical (unpaired) electrons. The van der Waals surface area contributed by atoms with Gasteiger partial charge in [-0.15, -0.1) is 0 Å². The molecule has 2 rings (SSSR count). The van der Waals surface area contributed by atoms with Crippen LogP contribution in [0.25, 0.3) is 0 Å². The van der Waals surface area contributed by atoms with Crippen molar-refractivity contribution >= 4 is 5.91 Å². The van der Waals surface area contributed by atoms with E-state index in [4.69, 9.17) is 4.74 Å². The van der Waals surface area contributed by atoms with Crippen molar-refractivity contribution in [3.8, 4) is 5.75 Å². The number of rotatable bonds is 6. The molecule has 5 heteroatoms. The summed E-state index contributed by atoms with van der Waals surface area (Å²) in [5.41, 5.74) is 0.212. The van der Waals surface area contributed by atoms with Crippen molar-refractivity contribution in [1.29, 1.82) is 0 Å².